The van der Waals surface area contributed by atoms with E-state index in [1.165, 1.54) is 64.2 Å². The molecule has 0 aliphatic heterocycles. The summed E-state index contributed by atoms with van der Waals surface area (Å²) in [5.74, 6) is -0.385. The molecule has 0 radical (unpaired) electrons. The first-order valence-corrected chi connectivity index (χ1v) is 9.86. The van der Waals surface area contributed by atoms with Gasteiger partial charge in [-0.05, 0) is 18.8 Å². The van der Waals surface area contributed by atoms with Gasteiger partial charge in [0.15, 0.2) is 0 Å². The number of carboxylic acid groups (broad SMARTS) is 1. The molecule has 0 aromatic heterocycles. The molecule has 2 atom stereocenters. The first-order valence-electron chi connectivity index (χ1n) is 9.86. The summed E-state index contributed by atoms with van der Waals surface area (Å²) in [6.45, 7) is 6.52. The topological polar surface area (TPSA) is 37.3 Å². The standard InChI is InChI=1S/C20H40O2/c1-4-6-8-9-10-11-12-13-14-15-16-18(3)19(20(21)22)17-7-5-2/h18-19H,4-17H2,1-3H3,(H,21,22). The predicted octanol–water partition coefficient (Wildman–Crippen LogP) is 6.82. The van der Waals surface area contributed by atoms with Crippen LogP contribution in [0.3, 0.4) is 0 Å². The van der Waals surface area contributed by atoms with Crippen molar-refractivity contribution in [2.75, 3.05) is 0 Å². The Balaban J connectivity index is 3.53. The Hall–Kier alpha value is -0.530. The van der Waals surface area contributed by atoms with Crippen molar-refractivity contribution in [1.82, 2.24) is 0 Å². The highest BCUT2D eigenvalue weighted by molar-refractivity contribution is 5.70. The minimum absolute atomic E-state index is 0.126. The third-order valence-corrected chi connectivity index (χ3v) is 4.89. The highest BCUT2D eigenvalue weighted by Gasteiger charge is 2.23. The average Bonchev–Trinajstić information content (AvgIpc) is 2.49. The molecule has 0 saturated heterocycles. The maximum Gasteiger partial charge on any atom is 0.306 e. The molecular weight excluding hydrogens is 272 g/mol. The molecule has 0 heterocycles. The van der Waals surface area contributed by atoms with Crippen molar-refractivity contribution in [2.45, 2.75) is 111 Å². The first kappa shape index (κ1) is 21.5. The maximum atomic E-state index is 11.3. The van der Waals surface area contributed by atoms with Crippen molar-refractivity contribution >= 4 is 5.97 Å². The average molecular weight is 313 g/mol. The molecule has 0 aromatic carbocycles. The molecule has 132 valence electrons. The molecule has 0 amide bonds. The molecular formula is C20H40O2. The van der Waals surface area contributed by atoms with Crippen LogP contribution in [0.4, 0.5) is 0 Å². The quantitative estimate of drug-likeness (QED) is 0.317. The van der Waals surface area contributed by atoms with Gasteiger partial charge in [0.2, 0.25) is 0 Å². The van der Waals surface area contributed by atoms with Gasteiger partial charge >= 0.3 is 5.97 Å². The molecule has 0 aliphatic carbocycles. The Morgan fingerprint density at radius 3 is 1.64 bits per heavy atom. The van der Waals surface area contributed by atoms with Gasteiger partial charge in [0.1, 0.15) is 0 Å². The number of carboxylic acids is 1. The van der Waals surface area contributed by atoms with Gasteiger partial charge in [-0.15, -0.1) is 0 Å². The third-order valence-electron chi connectivity index (χ3n) is 4.89. The summed E-state index contributed by atoms with van der Waals surface area (Å²) < 4.78 is 0. The van der Waals surface area contributed by atoms with Gasteiger partial charge in [0, 0.05) is 0 Å². The number of hydrogen-bond donors (Lipinski definition) is 1. The lowest BCUT2D eigenvalue weighted by Gasteiger charge is -2.19. The second-order valence-electron chi connectivity index (χ2n) is 7.03. The Morgan fingerprint density at radius 2 is 1.18 bits per heavy atom. The van der Waals surface area contributed by atoms with Gasteiger partial charge in [-0.25, -0.2) is 0 Å². The Bertz CT molecular complexity index is 250. The van der Waals surface area contributed by atoms with E-state index in [9.17, 15) is 9.90 Å². The summed E-state index contributed by atoms with van der Waals surface area (Å²) in [4.78, 5) is 11.3. The van der Waals surface area contributed by atoms with Gasteiger partial charge < -0.3 is 5.11 Å². The highest BCUT2D eigenvalue weighted by Crippen LogP contribution is 2.24. The largest absolute Gasteiger partial charge is 0.481 e. The minimum Gasteiger partial charge on any atom is -0.481 e. The van der Waals surface area contributed by atoms with E-state index in [0.717, 1.165) is 25.7 Å². The zero-order chi connectivity index (χ0) is 16.6. The van der Waals surface area contributed by atoms with Crippen LogP contribution in [0.2, 0.25) is 0 Å². The molecule has 0 bridgehead atoms. The monoisotopic (exact) mass is 312 g/mol. The van der Waals surface area contributed by atoms with Crippen LogP contribution in [0.15, 0.2) is 0 Å². The van der Waals surface area contributed by atoms with Crippen LogP contribution in [0, 0.1) is 11.8 Å². The molecule has 0 aromatic rings. The van der Waals surface area contributed by atoms with Crippen molar-refractivity contribution in [2.24, 2.45) is 11.8 Å². The van der Waals surface area contributed by atoms with E-state index in [1.54, 1.807) is 0 Å². The Kier molecular flexibility index (Phi) is 15.0. The summed E-state index contributed by atoms with van der Waals surface area (Å²) in [5, 5.41) is 9.33. The number of hydrogen-bond acceptors (Lipinski definition) is 1. The Morgan fingerprint density at radius 1 is 0.727 bits per heavy atom. The van der Waals surface area contributed by atoms with E-state index >= 15 is 0 Å². The second kappa shape index (κ2) is 15.4. The molecule has 1 N–H and O–H groups in total. The molecule has 0 saturated carbocycles. The third kappa shape index (κ3) is 12.1. The van der Waals surface area contributed by atoms with Gasteiger partial charge in [-0.1, -0.05) is 97.8 Å². The summed E-state index contributed by atoms with van der Waals surface area (Å²) >= 11 is 0. The number of aliphatic carboxylic acids is 1. The van der Waals surface area contributed by atoms with Crippen LogP contribution in [0.5, 0.6) is 0 Å². The summed E-state index contributed by atoms with van der Waals surface area (Å²) in [6.07, 6.45) is 17.5. The highest BCUT2D eigenvalue weighted by atomic mass is 16.4. The molecule has 0 rings (SSSR count). The van der Waals surface area contributed by atoms with E-state index in [-0.39, 0.29) is 5.92 Å². The van der Waals surface area contributed by atoms with Gasteiger partial charge in [-0.3, -0.25) is 4.79 Å². The molecule has 0 spiro atoms. The second-order valence-corrected chi connectivity index (χ2v) is 7.03. The molecule has 0 aliphatic rings. The van der Waals surface area contributed by atoms with Gasteiger partial charge in [0.05, 0.1) is 5.92 Å². The van der Waals surface area contributed by atoms with Crippen LogP contribution in [-0.2, 0) is 4.79 Å². The van der Waals surface area contributed by atoms with Crippen molar-refractivity contribution in [1.29, 1.82) is 0 Å². The maximum absolute atomic E-state index is 11.3. The first-order chi connectivity index (χ1) is 10.6. The van der Waals surface area contributed by atoms with Gasteiger partial charge in [-0.2, -0.15) is 0 Å². The van der Waals surface area contributed by atoms with E-state index < -0.39 is 5.97 Å². The predicted molar refractivity (Wildman–Crippen MR) is 96.3 cm³/mol. The fraction of sp³-hybridized carbons (Fsp3) is 0.950. The van der Waals surface area contributed by atoms with Crippen molar-refractivity contribution in [3.05, 3.63) is 0 Å². The zero-order valence-electron chi connectivity index (χ0n) is 15.4. The molecule has 2 nitrogen and oxygen atoms in total. The summed E-state index contributed by atoms with van der Waals surface area (Å²) in [7, 11) is 0. The zero-order valence-corrected chi connectivity index (χ0v) is 15.4. The van der Waals surface area contributed by atoms with Crippen molar-refractivity contribution in [3.63, 3.8) is 0 Å². The van der Waals surface area contributed by atoms with E-state index in [2.05, 4.69) is 20.8 Å². The number of carbonyl (C=O) groups is 1. The van der Waals surface area contributed by atoms with E-state index in [0.29, 0.717) is 5.92 Å². The van der Waals surface area contributed by atoms with Crippen molar-refractivity contribution in [3.8, 4) is 0 Å². The molecule has 22 heavy (non-hydrogen) atoms. The normalized spacial score (nSPS) is 14.0. The number of unbranched alkanes of at least 4 members (excludes halogenated alkanes) is 10. The lowest BCUT2D eigenvalue weighted by Crippen LogP contribution is -2.21. The van der Waals surface area contributed by atoms with Crippen LogP contribution < -0.4 is 0 Å². The van der Waals surface area contributed by atoms with Crippen LogP contribution in [0.1, 0.15) is 111 Å². The fourth-order valence-corrected chi connectivity index (χ4v) is 3.23. The molecule has 0 fully saturated rings. The van der Waals surface area contributed by atoms with E-state index in [4.69, 9.17) is 0 Å². The Labute approximate surface area is 139 Å². The van der Waals surface area contributed by atoms with Crippen LogP contribution >= 0.6 is 0 Å². The fourth-order valence-electron chi connectivity index (χ4n) is 3.23. The number of rotatable bonds is 16. The van der Waals surface area contributed by atoms with Crippen molar-refractivity contribution < 1.29 is 9.90 Å². The molecule has 2 heteroatoms. The molecule has 2 unspecified atom stereocenters. The SMILES string of the molecule is CCCCCCCCCCCCC(C)C(CCCC)C(=O)O. The summed E-state index contributed by atoms with van der Waals surface area (Å²) in [6, 6.07) is 0. The van der Waals surface area contributed by atoms with Gasteiger partial charge in [0.25, 0.3) is 0 Å². The van der Waals surface area contributed by atoms with Crippen LogP contribution in [-0.4, -0.2) is 11.1 Å². The smallest absolute Gasteiger partial charge is 0.306 e. The van der Waals surface area contributed by atoms with Crippen LogP contribution in [0.25, 0.3) is 0 Å². The summed E-state index contributed by atoms with van der Waals surface area (Å²) in [5.41, 5.74) is 0. The van der Waals surface area contributed by atoms with E-state index in [1.807, 2.05) is 0 Å². The lowest BCUT2D eigenvalue weighted by molar-refractivity contribution is -0.143. The lowest BCUT2D eigenvalue weighted by atomic mass is 9.85. The minimum atomic E-state index is -0.590.